The van der Waals surface area contributed by atoms with Crippen LogP contribution in [0.1, 0.15) is 20.8 Å². The van der Waals surface area contributed by atoms with E-state index < -0.39 is 10.4 Å². The van der Waals surface area contributed by atoms with E-state index >= 15 is 0 Å². The fourth-order valence-electron chi connectivity index (χ4n) is 1.48. The monoisotopic (exact) mass is 225 g/mol. The van der Waals surface area contributed by atoms with Gasteiger partial charge in [-0.25, -0.2) is 8.42 Å². The van der Waals surface area contributed by atoms with Gasteiger partial charge in [0.2, 0.25) is 10.4 Å². The first-order valence-electron chi connectivity index (χ1n) is 4.84. The summed E-state index contributed by atoms with van der Waals surface area (Å²) in [5.41, 5.74) is 0. The van der Waals surface area contributed by atoms with Gasteiger partial charge in [0, 0.05) is 0 Å². The van der Waals surface area contributed by atoms with Gasteiger partial charge in [-0.2, -0.15) is 0 Å². The smallest absolute Gasteiger partial charge is 0.217 e. The molecule has 6 heteroatoms. The Morgan fingerprint density at radius 1 is 1.14 bits per heavy atom. The van der Waals surface area contributed by atoms with Crippen molar-refractivity contribution < 1.29 is 21.6 Å². The van der Waals surface area contributed by atoms with Gasteiger partial charge in [-0.05, 0) is 20.8 Å². The normalized spacial score (nSPS) is 13.1. The Morgan fingerprint density at radius 3 is 1.86 bits per heavy atom. The number of rotatable bonds is 7. The van der Waals surface area contributed by atoms with Crippen molar-refractivity contribution in [2.45, 2.75) is 20.8 Å². The molecule has 0 N–H and O–H groups in total. The lowest BCUT2D eigenvalue weighted by Crippen LogP contribution is -2.49. The second-order valence-corrected chi connectivity index (χ2v) is 4.30. The third-order valence-electron chi connectivity index (χ3n) is 2.81. The van der Waals surface area contributed by atoms with Crippen molar-refractivity contribution in [2.75, 3.05) is 32.8 Å². The Hall–Kier alpha value is -0.170. The van der Waals surface area contributed by atoms with Gasteiger partial charge in [-0.1, -0.05) is 0 Å². The summed E-state index contributed by atoms with van der Waals surface area (Å²) in [6, 6.07) is 0. The SMILES string of the molecule is CC[N+](CC)(CC)CCOS(=O)(=O)[O-]. The van der Waals surface area contributed by atoms with Gasteiger partial charge in [0.05, 0.1) is 19.6 Å². The zero-order valence-corrected chi connectivity index (χ0v) is 9.84. The summed E-state index contributed by atoms with van der Waals surface area (Å²) in [6.45, 7) is 9.39. The molecule has 0 aliphatic heterocycles. The molecule has 0 aliphatic rings. The van der Waals surface area contributed by atoms with Crippen LogP contribution in [0.15, 0.2) is 0 Å². The molecule has 0 aromatic carbocycles. The number of hydrogen-bond acceptors (Lipinski definition) is 4. The van der Waals surface area contributed by atoms with Crippen LogP contribution in [0.25, 0.3) is 0 Å². The van der Waals surface area contributed by atoms with Gasteiger partial charge in [0.15, 0.2) is 0 Å². The first-order valence-corrected chi connectivity index (χ1v) is 6.17. The van der Waals surface area contributed by atoms with E-state index in [0.29, 0.717) is 6.54 Å². The minimum Gasteiger partial charge on any atom is -0.726 e. The van der Waals surface area contributed by atoms with E-state index in [1.54, 1.807) is 0 Å². The van der Waals surface area contributed by atoms with Crippen LogP contribution >= 0.6 is 0 Å². The lowest BCUT2D eigenvalue weighted by Gasteiger charge is -2.35. The van der Waals surface area contributed by atoms with E-state index in [0.717, 1.165) is 24.1 Å². The van der Waals surface area contributed by atoms with E-state index in [1.165, 1.54) is 0 Å². The maximum Gasteiger partial charge on any atom is 0.217 e. The van der Waals surface area contributed by atoms with Crippen LogP contribution in [0.2, 0.25) is 0 Å². The average Bonchev–Trinajstić information content (AvgIpc) is 2.11. The van der Waals surface area contributed by atoms with Crippen molar-refractivity contribution in [2.24, 2.45) is 0 Å². The molecule has 5 nitrogen and oxygen atoms in total. The van der Waals surface area contributed by atoms with Crippen LogP contribution < -0.4 is 0 Å². The molecule has 0 amide bonds. The molecule has 0 spiro atoms. The summed E-state index contributed by atoms with van der Waals surface area (Å²) in [6.07, 6.45) is 0. The van der Waals surface area contributed by atoms with Crippen molar-refractivity contribution in [3.63, 3.8) is 0 Å². The molecule has 0 fully saturated rings. The lowest BCUT2D eigenvalue weighted by molar-refractivity contribution is -0.923. The molecule has 0 saturated carbocycles. The number of quaternary nitrogens is 1. The van der Waals surface area contributed by atoms with Crippen LogP contribution in [0.5, 0.6) is 0 Å². The second kappa shape index (κ2) is 5.65. The highest BCUT2D eigenvalue weighted by atomic mass is 32.3. The maximum absolute atomic E-state index is 10.2. The topological polar surface area (TPSA) is 66.4 Å². The predicted octanol–water partition coefficient (Wildman–Crippen LogP) is 0.340. The molecule has 0 heterocycles. The summed E-state index contributed by atoms with van der Waals surface area (Å²) in [4.78, 5) is 0. The van der Waals surface area contributed by atoms with Crippen LogP contribution in [-0.4, -0.2) is 50.2 Å². The summed E-state index contributed by atoms with van der Waals surface area (Å²) in [5.74, 6) is 0. The highest BCUT2D eigenvalue weighted by Crippen LogP contribution is 2.05. The predicted molar refractivity (Wildman–Crippen MR) is 52.4 cm³/mol. The van der Waals surface area contributed by atoms with E-state index in [9.17, 15) is 13.0 Å². The van der Waals surface area contributed by atoms with E-state index in [-0.39, 0.29) is 6.61 Å². The zero-order chi connectivity index (χ0) is 11.2. The lowest BCUT2D eigenvalue weighted by atomic mass is 10.3. The van der Waals surface area contributed by atoms with Gasteiger partial charge >= 0.3 is 0 Å². The summed E-state index contributed by atoms with van der Waals surface area (Å²) in [7, 11) is -4.53. The van der Waals surface area contributed by atoms with E-state index in [1.807, 2.05) is 20.8 Å². The minimum atomic E-state index is -4.53. The van der Waals surface area contributed by atoms with Crippen LogP contribution in [0.3, 0.4) is 0 Å². The summed E-state index contributed by atoms with van der Waals surface area (Å²) in [5, 5.41) is 0. The Bertz CT molecular complexity index is 238. The molecule has 0 unspecified atom stereocenters. The fourth-order valence-corrected chi connectivity index (χ4v) is 1.76. The highest BCUT2D eigenvalue weighted by Gasteiger charge is 2.20. The van der Waals surface area contributed by atoms with Crippen molar-refractivity contribution in [3.05, 3.63) is 0 Å². The molecular weight excluding hydrogens is 206 g/mol. The van der Waals surface area contributed by atoms with Crippen molar-refractivity contribution in [1.29, 1.82) is 0 Å². The quantitative estimate of drug-likeness (QED) is 0.356. The third-order valence-corrected chi connectivity index (χ3v) is 3.26. The summed E-state index contributed by atoms with van der Waals surface area (Å²) >= 11 is 0. The molecule has 0 bridgehead atoms. The van der Waals surface area contributed by atoms with Crippen molar-refractivity contribution in [1.82, 2.24) is 0 Å². The fraction of sp³-hybridized carbons (Fsp3) is 1.00. The van der Waals surface area contributed by atoms with Gasteiger partial charge in [0.25, 0.3) is 0 Å². The number of likely N-dealkylation sites (N-methyl/N-ethyl adjacent to an activating group) is 1. The van der Waals surface area contributed by atoms with E-state index in [4.69, 9.17) is 0 Å². The molecule has 0 radical (unpaired) electrons. The molecule has 0 saturated heterocycles. The van der Waals surface area contributed by atoms with Gasteiger partial charge in [-0.15, -0.1) is 0 Å². The summed E-state index contributed by atoms with van der Waals surface area (Å²) < 4.78 is 35.6. The van der Waals surface area contributed by atoms with Crippen molar-refractivity contribution in [3.8, 4) is 0 Å². The first kappa shape index (κ1) is 13.8. The van der Waals surface area contributed by atoms with Crippen LogP contribution in [-0.2, 0) is 14.6 Å². The Labute approximate surface area is 86.2 Å². The minimum absolute atomic E-state index is 0.0264. The molecule has 14 heavy (non-hydrogen) atoms. The van der Waals surface area contributed by atoms with Crippen molar-refractivity contribution >= 4 is 10.4 Å². The second-order valence-electron chi connectivity index (χ2n) is 3.24. The maximum atomic E-state index is 10.2. The standard InChI is InChI=1S/C8H19NO4S/c1-4-9(5-2,6-3)7-8-13-14(10,11)12/h4-8H2,1-3H3. The molecule has 0 aromatic rings. The molecule has 0 atom stereocenters. The molecule has 0 rings (SSSR count). The number of nitrogens with zero attached hydrogens (tertiary/aromatic N) is 1. The first-order chi connectivity index (χ1) is 6.39. The molecule has 0 aromatic heterocycles. The largest absolute Gasteiger partial charge is 0.726 e. The number of hydrogen-bond donors (Lipinski definition) is 0. The average molecular weight is 225 g/mol. The Balaban J connectivity index is 4.08. The van der Waals surface area contributed by atoms with Crippen LogP contribution in [0, 0.1) is 0 Å². The highest BCUT2D eigenvalue weighted by molar-refractivity contribution is 7.80. The third kappa shape index (κ3) is 4.90. The van der Waals surface area contributed by atoms with E-state index in [2.05, 4.69) is 4.18 Å². The van der Waals surface area contributed by atoms with Crippen LogP contribution in [0.4, 0.5) is 0 Å². The molecular formula is C8H19NO4S. The Morgan fingerprint density at radius 2 is 1.57 bits per heavy atom. The Kier molecular flexibility index (Phi) is 5.58. The molecule has 86 valence electrons. The zero-order valence-electron chi connectivity index (χ0n) is 9.02. The van der Waals surface area contributed by atoms with Gasteiger partial charge in [-0.3, -0.25) is 4.18 Å². The van der Waals surface area contributed by atoms with Gasteiger partial charge in [0.1, 0.15) is 13.2 Å². The van der Waals surface area contributed by atoms with Gasteiger partial charge < -0.3 is 9.04 Å². The molecule has 0 aliphatic carbocycles.